The fourth-order valence-corrected chi connectivity index (χ4v) is 5.20. The molecule has 3 aliphatic rings. The van der Waals surface area contributed by atoms with Crippen molar-refractivity contribution in [3.05, 3.63) is 54.1 Å². The number of amidine groups is 1. The molecule has 3 atom stereocenters. The van der Waals surface area contributed by atoms with Gasteiger partial charge in [-0.3, -0.25) is 4.99 Å². The monoisotopic (exact) mass is 457 g/mol. The highest BCUT2D eigenvalue weighted by atomic mass is 32.2. The largest absolute Gasteiger partial charge is 0.368 e. The second-order valence-electron chi connectivity index (χ2n) is 8.09. The Hall–Kier alpha value is -2.92. The number of nitrogens with one attached hydrogen (secondary N) is 1. The second-order valence-corrected chi connectivity index (χ2v) is 9.59. The maximum absolute atomic E-state index is 14.5. The number of thiol groups is 1. The molecule has 5 heterocycles. The quantitative estimate of drug-likeness (QED) is 0.414. The summed E-state index contributed by atoms with van der Waals surface area (Å²) < 4.78 is 28.2. The first-order valence-electron chi connectivity index (χ1n) is 10.7. The van der Waals surface area contributed by atoms with Crippen LogP contribution in [0, 0.1) is 5.95 Å². The highest BCUT2D eigenvalue weighted by Crippen LogP contribution is 2.33. The Morgan fingerprint density at radius 2 is 1.91 bits per heavy atom. The molecule has 11 heteroatoms. The number of halogens is 1. The number of hydrogen-bond acceptors (Lipinski definition) is 8. The van der Waals surface area contributed by atoms with Crippen LogP contribution in [0.4, 0.5) is 15.9 Å². The fourth-order valence-electron chi connectivity index (χ4n) is 4.46. The predicted molar refractivity (Wildman–Crippen MR) is 124 cm³/mol. The fraction of sp³-hybridized carbons (Fsp3) is 0.429. The number of pyridine rings is 1. The van der Waals surface area contributed by atoms with Crippen molar-refractivity contribution < 1.29 is 8.60 Å². The van der Waals surface area contributed by atoms with Crippen LogP contribution in [0.15, 0.2) is 47.4 Å². The van der Waals surface area contributed by atoms with Gasteiger partial charge in [0.05, 0.1) is 25.2 Å². The van der Waals surface area contributed by atoms with E-state index in [0.717, 1.165) is 11.3 Å². The number of hydrogen-bond donors (Lipinski definition) is 1. The Bertz CT molecular complexity index is 1090. The minimum Gasteiger partial charge on any atom is -0.368 e. The second kappa shape index (κ2) is 8.55. The molecule has 0 saturated carbocycles. The van der Waals surface area contributed by atoms with E-state index in [1.165, 1.54) is 6.07 Å². The Morgan fingerprint density at radius 3 is 2.62 bits per heavy atom. The van der Waals surface area contributed by atoms with Crippen LogP contribution in [-0.2, 0) is 15.2 Å². The van der Waals surface area contributed by atoms with E-state index in [9.17, 15) is 8.60 Å². The van der Waals surface area contributed by atoms with Crippen LogP contribution in [-0.4, -0.2) is 76.2 Å². The summed E-state index contributed by atoms with van der Waals surface area (Å²) in [5, 5.41) is 3.20. The van der Waals surface area contributed by atoms with Crippen molar-refractivity contribution in [1.29, 1.82) is 0 Å². The van der Waals surface area contributed by atoms with E-state index in [1.807, 2.05) is 16.6 Å². The van der Waals surface area contributed by atoms with Gasteiger partial charge in [-0.1, -0.05) is 4.21 Å². The van der Waals surface area contributed by atoms with Crippen molar-refractivity contribution in [2.75, 3.05) is 48.8 Å². The van der Waals surface area contributed by atoms with Crippen LogP contribution >= 0.6 is 0 Å². The number of nitrogens with zero attached hydrogens (tertiary/aromatic N) is 7. The molecule has 2 fully saturated rings. The summed E-state index contributed by atoms with van der Waals surface area (Å²) in [4.78, 5) is 21.7. The molecule has 32 heavy (non-hydrogen) atoms. The molecule has 0 spiro atoms. The first-order chi connectivity index (χ1) is 15.5. The lowest BCUT2D eigenvalue weighted by molar-refractivity contribution is 0.405. The summed E-state index contributed by atoms with van der Waals surface area (Å²) >= 11 is 0. The van der Waals surface area contributed by atoms with Crippen LogP contribution in [0.5, 0.6) is 0 Å². The van der Waals surface area contributed by atoms with Gasteiger partial charge in [0.2, 0.25) is 5.95 Å². The first-order valence-corrected chi connectivity index (χ1v) is 12.3. The molecule has 9 nitrogen and oxygen atoms in total. The summed E-state index contributed by atoms with van der Waals surface area (Å²) in [5.41, 5.74) is 1.92. The minimum absolute atomic E-state index is 0.0256. The first kappa shape index (κ1) is 21.0. The molecule has 0 aliphatic carbocycles. The van der Waals surface area contributed by atoms with E-state index < -0.39 is 16.9 Å². The van der Waals surface area contributed by atoms with Gasteiger partial charge in [-0.25, -0.2) is 15.0 Å². The molecular formula is C21H26FN8OS+. The van der Waals surface area contributed by atoms with Crippen molar-refractivity contribution in [2.45, 2.75) is 19.0 Å². The summed E-state index contributed by atoms with van der Waals surface area (Å²) in [6.07, 6.45) is 7.06. The van der Waals surface area contributed by atoms with Crippen molar-refractivity contribution in [1.82, 2.24) is 24.6 Å². The normalized spacial score (nSPS) is 24.5. The van der Waals surface area contributed by atoms with E-state index in [0.29, 0.717) is 50.2 Å². The van der Waals surface area contributed by atoms with Gasteiger partial charge in [0.15, 0.2) is 11.7 Å². The van der Waals surface area contributed by atoms with Crippen LogP contribution in [0.25, 0.3) is 0 Å². The zero-order valence-electron chi connectivity index (χ0n) is 18.0. The van der Waals surface area contributed by atoms with E-state index in [1.54, 1.807) is 24.7 Å². The molecule has 2 saturated heterocycles. The third kappa shape index (κ3) is 3.97. The lowest BCUT2D eigenvalue weighted by Crippen LogP contribution is -2.46. The third-order valence-corrected chi connectivity index (χ3v) is 7.42. The van der Waals surface area contributed by atoms with Gasteiger partial charge >= 0.3 is 0 Å². The maximum Gasteiger partial charge on any atom is 0.216 e. The molecule has 0 amide bonds. The molecule has 3 unspecified atom stereocenters. The molecule has 0 bridgehead atoms. The Balaban J connectivity index is 1.37. The lowest BCUT2D eigenvalue weighted by Gasteiger charge is -2.33. The Morgan fingerprint density at radius 1 is 1.16 bits per heavy atom. The summed E-state index contributed by atoms with van der Waals surface area (Å²) in [5.74, 6) is 1.28. The van der Waals surface area contributed by atoms with Crippen LogP contribution in [0.3, 0.4) is 0 Å². The van der Waals surface area contributed by atoms with Crippen molar-refractivity contribution >= 4 is 28.3 Å². The van der Waals surface area contributed by atoms with E-state index >= 15 is 0 Å². The number of piperazine rings is 1. The third-order valence-electron chi connectivity index (χ3n) is 6.22. The van der Waals surface area contributed by atoms with Gasteiger partial charge in [0.25, 0.3) is 0 Å². The Kier molecular flexibility index (Phi) is 5.60. The minimum atomic E-state index is -1.33. The number of aliphatic imine (C=N–C) groups is 1. The number of anilines is 2. The van der Waals surface area contributed by atoms with Gasteiger partial charge in [0, 0.05) is 56.0 Å². The molecule has 0 radical (unpaired) electrons. The zero-order valence-corrected chi connectivity index (χ0v) is 18.9. The molecule has 2 aromatic heterocycles. The van der Waals surface area contributed by atoms with Crippen molar-refractivity contribution in [3.8, 4) is 0 Å². The van der Waals surface area contributed by atoms with Crippen molar-refractivity contribution in [2.24, 2.45) is 4.99 Å². The van der Waals surface area contributed by atoms with Gasteiger partial charge in [-0.2, -0.15) is 4.39 Å². The molecule has 168 valence electrons. The zero-order chi connectivity index (χ0) is 22.2. The summed E-state index contributed by atoms with van der Waals surface area (Å²) in [6.45, 7) is 5.49. The molecule has 5 rings (SSSR count). The predicted octanol–water partition coefficient (Wildman–Crippen LogP) is 0.885. The van der Waals surface area contributed by atoms with Crippen LogP contribution in [0.2, 0.25) is 0 Å². The maximum atomic E-state index is 14.5. The summed E-state index contributed by atoms with van der Waals surface area (Å²) in [6, 6.07) is 5.14. The van der Waals surface area contributed by atoms with Crippen LogP contribution < -0.4 is 15.1 Å². The molecule has 2 aromatic rings. The standard InChI is InChI=1S/C21H25FN8OS/c1-14-16-12-25-21(20-23-4-3-5-24-20)26-17(16)13-30(14)19-11-15(10-18(22)27-19)28-6-8-29(9-7-28)32(2)31/h3-5,10-12,14,17H,6-9,13H2,1-2H3,(H,25,26)/p+1. The van der Waals surface area contributed by atoms with E-state index in [4.69, 9.17) is 4.99 Å². The Labute approximate surface area is 188 Å². The lowest BCUT2D eigenvalue weighted by atomic mass is 10.1. The highest BCUT2D eigenvalue weighted by Gasteiger charge is 2.37. The molecule has 0 aromatic carbocycles. The summed E-state index contributed by atoms with van der Waals surface area (Å²) in [7, 11) is -1.33. The van der Waals surface area contributed by atoms with Gasteiger partial charge in [0.1, 0.15) is 23.1 Å². The van der Waals surface area contributed by atoms with E-state index in [2.05, 4.69) is 37.0 Å². The average Bonchev–Trinajstić information content (AvgIpc) is 3.15. The number of rotatable bonds is 4. The topological polar surface area (TPSA) is 89.9 Å². The smallest absolute Gasteiger partial charge is 0.216 e. The molecule has 3 aliphatic heterocycles. The average molecular weight is 458 g/mol. The van der Waals surface area contributed by atoms with Crippen LogP contribution in [0.1, 0.15) is 12.7 Å². The number of aromatic nitrogens is 3. The van der Waals surface area contributed by atoms with Gasteiger partial charge in [-0.05, 0) is 18.6 Å². The number of fused-ring (bicyclic) bond motifs is 1. The van der Waals surface area contributed by atoms with Gasteiger partial charge < -0.3 is 15.1 Å². The van der Waals surface area contributed by atoms with E-state index in [-0.39, 0.29) is 12.1 Å². The highest BCUT2D eigenvalue weighted by molar-refractivity contribution is 7.81. The molecular weight excluding hydrogens is 431 g/mol. The van der Waals surface area contributed by atoms with Crippen molar-refractivity contribution in [3.63, 3.8) is 0 Å². The molecule has 1 N–H and O–H groups in total. The van der Waals surface area contributed by atoms with Gasteiger partial charge in [-0.15, -0.1) is 4.31 Å². The SMILES string of the molecule is CC1C2=CNC(c3ncccn3)=NC2CN1c1cc(N2CCN([SH+](C)=O)CC2)cc(F)n1.